The normalized spacial score (nSPS) is 20.0. The number of anilines is 1. The summed E-state index contributed by atoms with van der Waals surface area (Å²) in [7, 11) is 0. The van der Waals surface area contributed by atoms with Crippen molar-refractivity contribution in [1.29, 1.82) is 0 Å². The van der Waals surface area contributed by atoms with Gasteiger partial charge in [-0.1, -0.05) is 0 Å². The summed E-state index contributed by atoms with van der Waals surface area (Å²) in [5, 5.41) is 3.36. The highest BCUT2D eigenvalue weighted by molar-refractivity contribution is 5.99. The summed E-state index contributed by atoms with van der Waals surface area (Å²) in [6.45, 7) is 4.42. The smallest absolute Gasteiger partial charge is 0.128 e. The van der Waals surface area contributed by atoms with Crippen molar-refractivity contribution >= 4 is 11.5 Å². The number of hydrogen-bond donors (Lipinski definition) is 1. The molecule has 3 heteroatoms. The topological polar surface area (TPSA) is 27.6 Å². The van der Waals surface area contributed by atoms with Crippen molar-refractivity contribution in [3.8, 4) is 0 Å². The summed E-state index contributed by atoms with van der Waals surface area (Å²) in [5.74, 6) is 1.06. The number of nitrogens with one attached hydrogen (secondary N) is 1. The fourth-order valence-electron chi connectivity index (χ4n) is 2.53. The highest BCUT2D eigenvalue weighted by Crippen LogP contribution is 2.20. The maximum absolute atomic E-state index is 4.52. The van der Waals surface area contributed by atoms with Crippen LogP contribution in [0.15, 0.2) is 29.3 Å². The molecule has 1 aromatic carbocycles. The van der Waals surface area contributed by atoms with Crippen LogP contribution >= 0.6 is 0 Å². The molecular formula is C14H19N3. The van der Waals surface area contributed by atoms with Gasteiger partial charge in [0.25, 0.3) is 0 Å². The SMILES string of the molecule is c1cc(N2CCCC2)ccc1C1=NCCCN1. The molecule has 3 rings (SSSR count). The van der Waals surface area contributed by atoms with E-state index in [9.17, 15) is 0 Å². The predicted octanol–water partition coefficient (Wildman–Crippen LogP) is 2.03. The van der Waals surface area contributed by atoms with Crippen LogP contribution in [0.25, 0.3) is 0 Å². The third kappa shape index (κ3) is 2.28. The Hall–Kier alpha value is -1.51. The summed E-state index contributed by atoms with van der Waals surface area (Å²) < 4.78 is 0. The molecule has 0 aromatic heterocycles. The van der Waals surface area contributed by atoms with E-state index in [0.717, 1.165) is 25.3 Å². The minimum absolute atomic E-state index is 0.955. The van der Waals surface area contributed by atoms with Crippen LogP contribution in [0.3, 0.4) is 0 Å². The van der Waals surface area contributed by atoms with E-state index < -0.39 is 0 Å². The molecule has 0 unspecified atom stereocenters. The average Bonchev–Trinajstić information content (AvgIpc) is 2.94. The lowest BCUT2D eigenvalue weighted by Crippen LogP contribution is -2.30. The lowest BCUT2D eigenvalue weighted by molar-refractivity contribution is 0.742. The van der Waals surface area contributed by atoms with Crippen molar-refractivity contribution < 1.29 is 0 Å². The van der Waals surface area contributed by atoms with Gasteiger partial charge < -0.3 is 10.2 Å². The molecule has 2 aliphatic rings. The molecule has 0 aliphatic carbocycles. The fourth-order valence-corrected chi connectivity index (χ4v) is 2.53. The van der Waals surface area contributed by atoms with Gasteiger partial charge in [-0.15, -0.1) is 0 Å². The number of benzene rings is 1. The van der Waals surface area contributed by atoms with Crippen LogP contribution in [0.5, 0.6) is 0 Å². The van der Waals surface area contributed by atoms with Crippen molar-refractivity contribution in [2.24, 2.45) is 4.99 Å². The summed E-state index contributed by atoms with van der Waals surface area (Å²) in [4.78, 5) is 6.98. The van der Waals surface area contributed by atoms with Crippen LogP contribution in [0.4, 0.5) is 5.69 Å². The van der Waals surface area contributed by atoms with Gasteiger partial charge in [-0.2, -0.15) is 0 Å². The standard InChI is InChI=1S/C14H19N3/c1-2-11-17(10-1)13-6-4-12(5-7-13)14-15-8-3-9-16-14/h4-7H,1-3,8-11H2,(H,15,16). The van der Waals surface area contributed by atoms with Gasteiger partial charge >= 0.3 is 0 Å². The Morgan fingerprint density at radius 1 is 1.00 bits per heavy atom. The van der Waals surface area contributed by atoms with Crippen molar-refractivity contribution in [2.75, 3.05) is 31.1 Å². The minimum Gasteiger partial charge on any atom is -0.372 e. The van der Waals surface area contributed by atoms with E-state index in [1.807, 2.05) is 0 Å². The van der Waals surface area contributed by atoms with E-state index in [1.165, 1.54) is 37.2 Å². The predicted molar refractivity (Wildman–Crippen MR) is 71.9 cm³/mol. The van der Waals surface area contributed by atoms with Gasteiger partial charge in [-0.05, 0) is 43.5 Å². The van der Waals surface area contributed by atoms with Crippen molar-refractivity contribution in [2.45, 2.75) is 19.3 Å². The Bertz CT molecular complexity index is 402. The molecule has 0 saturated carbocycles. The third-order valence-corrected chi connectivity index (χ3v) is 3.51. The molecule has 1 aromatic rings. The quantitative estimate of drug-likeness (QED) is 0.840. The first-order valence-electron chi connectivity index (χ1n) is 6.57. The Labute approximate surface area is 103 Å². The molecule has 17 heavy (non-hydrogen) atoms. The van der Waals surface area contributed by atoms with Crippen LogP contribution in [-0.2, 0) is 0 Å². The molecule has 0 bridgehead atoms. The van der Waals surface area contributed by atoms with Gasteiger partial charge in [-0.3, -0.25) is 4.99 Å². The Morgan fingerprint density at radius 3 is 2.41 bits per heavy atom. The zero-order chi connectivity index (χ0) is 11.5. The van der Waals surface area contributed by atoms with E-state index in [0.29, 0.717) is 0 Å². The van der Waals surface area contributed by atoms with Crippen LogP contribution in [0.1, 0.15) is 24.8 Å². The van der Waals surface area contributed by atoms with Crippen LogP contribution in [0, 0.1) is 0 Å². The number of nitrogens with zero attached hydrogens (tertiary/aromatic N) is 2. The summed E-state index contributed by atoms with van der Waals surface area (Å²) >= 11 is 0. The first-order valence-corrected chi connectivity index (χ1v) is 6.57. The molecule has 90 valence electrons. The number of rotatable bonds is 2. The maximum atomic E-state index is 4.52. The first kappa shape index (κ1) is 10.6. The maximum Gasteiger partial charge on any atom is 0.128 e. The minimum atomic E-state index is 0.955. The second-order valence-electron chi connectivity index (χ2n) is 4.75. The van der Waals surface area contributed by atoms with Gasteiger partial charge in [0, 0.05) is 37.4 Å². The highest BCUT2D eigenvalue weighted by atomic mass is 15.1. The molecule has 3 nitrogen and oxygen atoms in total. The van der Waals surface area contributed by atoms with E-state index >= 15 is 0 Å². The average molecular weight is 229 g/mol. The largest absolute Gasteiger partial charge is 0.372 e. The van der Waals surface area contributed by atoms with E-state index in [1.54, 1.807) is 0 Å². The Balaban J connectivity index is 1.77. The zero-order valence-electron chi connectivity index (χ0n) is 10.2. The lowest BCUT2D eigenvalue weighted by atomic mass is 10.1. The molecule has 0 radical (unpaired) electrons. The highest BCUT2D eigenvalue weighted by Gasteiger charge is 2.12. The second kappa shape index (κ2) is 4.78. The fraction of sp³-hybridized carbons (Fsp3) is 0.500. The van der Waals surface area contributed by atoms with Crippen molar-refractivity contribution in [3.05, 3.63) is 29.8 Å². The first-order chi connectivity index (χ1) is 8.43. The molecule has 2 aliphatic heterocycles. The summed E-state index contributed by atoms with van der Waals surface area (Å²) in [6, 6.07) is 8.81. The zero-order valence-corrected chi connectivity index (χ0v) is 10.2. The second-order valence-corrected chi connectivity index (χ2v) is 4.75. The van der Waals surface area contributed by atoms with Gasteiger partial charge in [0.1, 0.15) is 5.84 Å². The van der Waals surface area contributed by atoms with Gasteiger partial charge in [0.05, 0.1) is 0 Å². The third-order valence-electron chi connectivity index (χ3n) is 3.51. The van der Waals surface area contributed by atoms with Crippen molar-refractivity contribution in [3.63, 3.8) is 0 Å². The van der Waals surface area contributed by atoms with Gasteiger partial charge in [-0.25, -0.2) is 0 Å². The van der Waals surface area contributed by atoms with Crippen molar-refractivity contribution in [1.82, 2.24) is 5.32 Å². The summed E-state index contributed by atoms with van der Waals surface area (Å²) in [5.41, 5.74) is 2.57. The van der Waals surface area contributed by atoms with Crippen LogP contribution < -0.4 is 10.2 Å². The molecule has 0 spiro atoms. The number of hydrogen-bond acceptors (Lipinski definition) is 3. The molecule has 2 heterocycles. The number of aliphatic imine (C=N–C) groups is 1. The van der Waals surface area contributed by atoms with E-state index in [-0.39, 0.29) is 0 Å². The molecular weight excluding hydrogens is 210 g/mol. The van der Waals surface area contributed by atoms with Crippen LogP contribution in [0.2, 0.25) is 0 Å². The van der Waals surface area contributed by atoms with Crippen LogP contribution in [-0.4, -0.2) is 32.0 Å². The molecule has 1 saturated heterocycles. The Kier molecular flexibility index (Phi) is 2.99. The monoisotopic (exact) mass is 229 g/mol. The summed E-state index contributed by atoms with van der Waals surface area (Å²) in [6.07, 6.45) is 3.81. The number of amidine groups is 1. The molecule has 1 fully saturated rings. The van der Waals surface area contributed by atoms with Gasteiger partial charge in [0.15, 0.2) is 0 Å². The van der Waals surface area contributed by atoms with Gasteiger partial charge in [0.2, 0.25) is 0 Å². The van der Waals surface area contributed by atoms with E-state index in [4.69, 9.17) is 0 Å². The molecule has 1 N–H and O–H groups in total. The molecule has 0 atom stereocenters. The Morgan fingerprint density at radius 2 is 1.76 bits per heavy atom. The molecule has 0 amide bonds. The lowest BCUT2D eigenvalue weighted by Gasteiger charge is -2.19. The van der Waals surface area contributed by atoms with E-state index in [2.05, 4.69) is 39.5 Å².